The van der Waals surface area contributed by atoms with E-state index in [1.807, 2.05) is 24.3 Å². The first-order chi connectivity index (χ1) is 12.2. The minimum Gasteiger partial charge on any atom is -0.497 e. The van der Waals surface area contributed by atoms with Crippen molar-refractivity contribution in [1.29, 1.82) is 0 Å². The van der Waals surface area contributed by atoms with Gasteiger partial charge in [-0.15, -0.1) is 0 Å². The van der Waals surface area contributed by atoms with Gasteiger partial charge in [-0.05, 0) is 30.3 Å². The maximum absolute atomic E-state index is 11.9. The second kappa shape index (κ2) is 10.1. The average molecular weight is 346 g/mol. The minimum absolute atomic E-state index is 0.267. The van der Waals surface area contributed by atoms with Crippen molar-refractivity contribution < 1.29 is 19.0 Å². The molecule has 1 aromatic heterocycles. The topological polar surface area (TPSA) is 94.6 Å². The molecule has 0 atom stereocenters. The molecular weight excluding hydrogens is 324 g/mol. The number of carbonyl (C=O) groups excluding carboxylic acids is 1. The fourth-order valence-corrected chi connectivity index (χ4v) is 1.93. The molecule has 2 rings (SSSR count). The number of aromatic nitrogens is 2. The summed E-state index contributed by atoms with van der Waals surface area (Å²) in [4.78, 5) is 20.2. The van der Waals surface area contributed by atoms with Crippen LogP contribution in [0, 0.1) is 0 Å². The second-order valence-corrected chi connectivity index (χ2v) is 4.96. The minimum atomic E-state index is -0.267. The van der Waals surface area contributed by atoms with Crippen molar-refractivity contribution in [1.82, 2.24) is 15.3 Å². The number of amides is 1. The van der Waals surface area contributed by atoms with Crippen LogP contribution in [-0.4, -0.2) is 56.4 Å². The molecular formula is C17H22N4O4. The van der Waals surface area contributed by atoms with Gasteiger partial charge in [-0.3, -0.25) is 4.79 Å². The highest BCUT2D eigenvalue weighted by Gasteiger charge is 2.08. The van der Waals surface area contributed by atoms with Gasteiger partial charge in [0.05, 0.1) is 20.3 Å². The van der Waals surface area contributed by atoms with Crippen LogP contribution in [0.2, 0.25) is 0 Å². The quantitative estimate of drug-likeness (QED) is 0.627. The first kappa shape index (κ1) is 18.5. The van der Waals surface area contributed by atoms with Crippen molar-refractivity contribution in [3.8, 4) is 11.5 Å². The molecule has 0 aliphatic heterocycles. The lowest BCUT2D eigenvalue weighted by Crippen LogP contribution is -2.28. The molecule has 2 aromatic rings. The third kappa shape index (κ3) is 6.27. The van der Waals surface area contributed by atoms with Gasteiger partial charge in [0.2, 0.25) is 5.95 Å². The normalized spacial score (nSPS) is 10.2. The van der Waals surface area contributed by atoms with Crippen LogP contribution in [0.1, 0.15) is 10.5 Å². The van der Waals surface area contributed by atoms with E-state index in [4.69, 9.17) is 14.2 Å². The van der Waals surface area contributed by atoms with Crippen LogP contribution in [-0.2, 0) is 4.74 Å². The van der Waals surface area contributed by atoms with Gasteiger partial charge >= 0.3 is 0 Å². The average Bonchev–Trinajstić information content (AvgIpc) is 2.66. The summed E-state index contributed by atoms with van der Waals surface area (Å²) in [5, 5.41) is 5.73. The second-order valence-electron chi connectivity index (χ2n) is 4.96. The molecule has 0 saturated heterocycles. The highest BCUT2D eigenvalue weighted by atomic mass is 16.5. The number of benzene rings is 1. The number of anilines is 1. The van der Waals surface area contributed by atoms with E-state index in [2.05, 4.69) is 20.6 Å². The van der Waals surface area contributed by atoms with Crippen molar-refractivity contribution in [3.05, 3.63) is 42.2 Å². The molecule has 8 heteroatoms. The van der Waals surface area contributed by atoms with Crippen molar-refractivity contribution in [2.75, 3.05) is 45.8 Å². The summed E-state index contributed by atoms with van der Waals surface area (Å²) in [6, 6.07) is 8.89. The van der Waals surface area contributed by atoms with Gasteiger partial charge < -0.3 is 24.8 Å². The summed E-state index contributed by atoms with van der Waals surface area (Å²) in [5.74, 6) is 1.63. The Bertz CT molecular complexity index is 664. The Morgan fingerprint density at radius 1 is 1.04 bits per heavy atom. The Kier molecular flexibility index (Phi) is 7.45. The Balaban J connectivity index is 1.76. The predicted octanol–water partition coefficient (Wildman–Crippen LogP) is 1.35. The highest BCUT2D eigenvalue weighted by molar-refractivity contribution is 5.92. The molecule has 134 valence electrons. The van der Waals surface area contributed by atoms with E-state index in [0.29, 0.717) is 37.9 Å². The van der Waals surface area contributed by atoms with Gasteiger partial charge in [0, 0.05) is 19.9 Å². The lowest BCUT2D eigenvalue weighted by atomic mass is 10.3. The van der Waals surface area contributed by atoms with E-state index in [9.17, 15) is 4.79 Å². The standard InChI is InChI=1S/C17H22N4O4/c1-23-11-9-18-16(22)15-7-8-19-17(21-15)20-10-12-25-14-5-3-13(24-2)4-6-14/h3-8H,9-12H2,1-2H3,(H,18,22)(H,19,20,21). The number of methoxy groups -OCH3 is 2. The zero-order chi connectivity index (χ0) is 17.9. The first-order valence-electron chi connectivity index (χ1n) is 7.84. The van der Waals surface area contributed by atoms with Crippen molar-refractivity contribution in [3.63, 3.8) is 0 Å². The largest absolute Gasteiger partial charge is 0.497 e. The SMILES string of the molecule is COCCNC(=O)c1ccnc(NCCOc2ccc(OC)cc2)n1. The van der Waals surface area contributed by atoms with E-state index >= 15 is 0 Å². The van der Waals surface area contributed by atoms with Crippen LogP contribution < -0.4 is 20.1 Å². The van der Waals surface area contributed by atoms with Crippen LogP contribution in [0.3, 0.4) is 0 Å². The molecule has 0 unspecified atom stereocenters. The molecule has 1 heterocycles. The summed E-state index contributed by atoms with van der Waals surface area (Å²) in [5.41, 5.74) is 0.296. The number of ether oxygens (including phenoxy) is 3. The molecule has 25 heavy (non-hydrogen) atoms. The summed E-state index contributed by atoms with van der Waals surface area (Å²) in [6.07, 6.45) is 1.53. The molecule has 1 amide bonds. The Morgan fingerprint density at radius 2 is 1.80 bits per heavy atom. The van der Waals surface area contributed by atoms with E-state index in [1.54, 1.807) is 20.3 Å². The highest BCUT2D eigenvalue weighted by Crippen LogP contribution is 2.16. The Morgan fingerprint density at radius 3 is 2.52 bits per heavy atom. The van der Waals surface area contributed by atoms with Gasteiger partial charge in [-0.2, -0.15) is 0 Å². The molecule has 0 bridgehead atoms. The summed E-state index contributed by atoms with van der Waals surface area (Å²) in [7, 11) is 3.19. The number of nitrogens with zero attached hydrogens (tertiary/aromatic N) is 2. The predicted molar refractivity (Wildman–Crippen MR) is 93.2 cm³/mol. The number of rotatable bonds is 10. The molecule has 0 spiro atoms. The first-order valence-corrected chi connectivity index (χ1v) is 7.84. The molecule has 2 N–H and O–H groups in total. The molecule has 0 saturated carbocycles. The van der Waals surface area contributed by atoms with Crippen LogP contribution in [0.4, 0.5) is 5.95 Å². The fraction of sp³-hybridized carbons (Fsp3) is 0.353. The van der Waals surface area contributed by atoms with E-state index in [-0.39, 0.29) is 5.91 Å². The zero-order valence-electron chi connectivity index (χ0n) is 14.3. The number of hydrogen-bond donors (Lipinski definition) is 2. The summed E-state index contributed by atoms with van der Waals surface area (Å²) in [6.45, 7) is 1.81. The molecule has 0 aliphatic carbocycles. The monoisotopic (exact) mass is 346 g/mol. The van der Waals surface area contributed by atoms with Crippen LogP contribution >= 0.6 is 0 Å². The van der Waals surface area contributed by atoms with Crippen molar-refractivity contribution in [2.24, 2.45) is 0 Å². The van der Waals surface area contributed by atoms with Crippen molar-refractivity contribution >= 4 is 11.9 Å². The fourth-order valence-electron chi connectivity index (χ4n) is 1.93. The van der Waals surface area contributed by atoms with Crippen molar-refractivity contribution in [2.45, 2.75) is 0 Å². The molecule has 0 aliphatic rings. The third-order valence-electron chi connectivity index (χ3n) is 3.19. The van der Waals surface area contributed by atoms with Gasteiger partial charge in [0.1, 0.15) is 23.8 Å². The lowest BCUT2D eigenvalue weighted by Gasteiger charge is -2.09. The van der Waals surface area contributed by atoms with Gasteiger partial charge in [0.25, 0.3) is 5.91 Å². The summed E-state index contributed by atoms with van der Waals surface area (Å²) < 4.78 is 15.6. The van der Waals surface area contributed by atoms with Gasteiger partial charge in [0.15, 0.2) is 0 Å². The van der Waals surface area contributed by atoms with Crippen LogP contribution in [0.5, 0.6) is 11.5 Å². The zero-order valence-corrected chi connectivity index (χ0v) is 14.3. The molecule has 8 nitrogen and oxygen atoms in total. The molecule has 0 radical (unpaired) electrons. The lowest BCUT2D eigenvalue weighted by molar-refractivity contribution is 0.0932. The van der Waals surface area contributed by atoms with E-state index < -0.39 is 0 Å². The number of carbonyl (C=O) groups is 1. The number of nitrogens with one attached hydrogen (secondary N) is 2. The Labute approximate surface area is 146 Å². The number of hydrogen-bond acceptors (Lipinski definition) is 7. The molecule has 1 aromatic carbocycles. The molecule has 0 fully saturated rings. The summed E-state index contributed by atoms with van der Waals surface area (Å²) >= 11 is 0. The van der Waals surface area contributed by atoms with Crippen LogP contribution in [0.15, 0.2) is 36.5 Å². The Hall–Kier alpha value is -2.87. The maximum atomic E-state index is 11.9. The van der Waals surface area contributed by atoms with Crippen LogP contribution in [0.25, 0.3) is 0 Å². The van der Waals surface area contributed by atoms with Gasteiger partial charge in [-0.25, -0.2) is 9.97 Å². The maximum Gasteiger partial charge on any atom is 0.270 e. The van der Waals surface area contributed by atoms with E-state index in [0.717, 1.165) is 11.5 Å². The third-order valence-corrected chi connectivity index (χ3v) is 3.19. The van der Waals surface area contributed by atoms with Gasteiger partial charge in [-0.1, -0.05) is 0 Å². The smallest absolute Gasteiger partial charge is 0.270 e. The van der Waals surface area contributed by atoms with E-state index in [1.165, 1.54) is 6.20 Å².